The van der Waals surface area contributed by atoms with Crippen molar-refractivity contribution in [3.05, 3.63) is 101 Å². The molecule has 0 bridgehead atoms. The van der Waals surface area contributed by atoms with Crippen LogP contribution in [0.3, 0.4) is 0 Å². The number of rotatable bonds is 5. The molecule has 0 aliphatic heterocycles. The highest BCUT2D eigenvalue weighted by atomic mass is 35.5. The van der Waals surface area contributed by atoms with Gasteiger partial charge in [-0.25, -0.2) is 9.89 Å². The molecular weight excluding hydrogens is 483 g/mol. The number of ether oxygens (including phenoxy) is 1. The predicted molar refractivity (Wildman–Crippen MR) is 126 cm³/mol. The van der Waals surface area contributed by atoms with E-state index < -0.39 is 22.5 Å². The molecule has 0 saturated heterocycles. The van der Waals surface area contributed by atoms with Crippen molar-refractivity contribution in [3.63, 3.8) is 0 Å². The fourth-order valence-electron chi connectivity index (χ4n) is 3.85. The number of hydrogen-bond acceptors (Lipinski definition) is 7. The van der Waals surface area contributed by atoms with Crippen LogP contribution in [-0.2, 0) is 5.41 Å². The lowest BCUT2D eigenvalue weighted by Gasteiger charge is -2.16. The lowest BCUT2D eigenvalue weighted by molar-refractivity contribution is 0.452. The number of nitrogens with zero attached hydrogens (tertiary/aromatic N) is 3. The quantitative estimate of drug-likeness (QED) is 0.382. The van der Waals surface area contributed by atoms with Crippen LogP contribution in [0.5, 0.6) is 11.6 Å². The molecule has 34 heavy (non-hydrogen) atoms. The molecule has 2 aromatic carbocycles. The molecule has 1 saturated carbocycles. The van der Waals surface area contributed by atoms with Gasteiger partial charge in [0.25, 0.3) is 11.1 Å². The van der Waals surface area contributed by atoms with Crippen LogP contribution in [0.4, 0.5) is 5.82 Å². The second kappa shape index (κ2) is 8.15. The number of aromatic amines is 2. The number of benzene rings is 2. The molecule has 10 nitrogen and oxygen atoms in total. The van der Waals surface area contributed by atoms with Crippen LogP contribution in [0, 0.1) is 0 Å². The summed E-state index contributed by atoms with van der Waals surface area (Å²) in [5, 5.41) is 10.3. The van der Waals surface area contributed by atoms with E-state index in [0.717, 1.165) is 23.1 Å². The molecule has 1 fully saturated rings. The highest BCUT2D eigenvalue weighted by molar-refractivity contribution is 6.37. The van der Waals surface area contributed by atoms with Gasteiger partial charge < -0.3 is 10.5 Å². The first-order chi connectivity index (χ1) is 16.3. The van der Waals surface area contributed by atoms with E-state index in [9.17, 15) is 14.4 Å². The standard InChI is InChI=1S/C22H16Cl2N6O4/c23-14-8-12(30-21(33)26-20(32)18(25)29-30)9-15(24)17(14)34-16-10-13(19(31)28-27-16)22(6-7-22)11-4-2-1-3-5-11/h1-5,8-10H,6-7H2,(H2,25,29)(H,28,31)(H,26,32,33). The highest BCUT2D eigenvalue weighted by Crippen LogP contribution is 2.52. The lowest BCUT2D eigenvalue weighted by atomic mass is 9.89. The van der Waals surface area contributed by atoms with Crippen molar-refractivity contribution in [1.29, 1.82) is 0 Å². The Morgan fingerprint density at radius 3 is 2.32 bits per heavy atom. The maximum atomic E-state index is 12.6. The SMILES string of the molecule is Nc1nn(-c2cc(Cl)c(Oc3cc(C4(c5ccccc5)CC4)c(=O)[nH]n3)c(Cl)c2)c(=O)[nH]c1=O. The predicted octanol–water partition coefficient (Wildman–Crippen LogP) is 2.77. The van der Waals surface area contributed by atoms with Crippen LogP contribution in [-0.4, -0.2) is 25.0 Å². The second-order valence-electron chi connectivity index (χ2n) is 7.79. The summed E-state index contributed by atoms with van der Waals surface area (Å²) in [5.74, 6) is -0.242. The van der Waals surface area contributed by atoms with E-state index in [0.29, 0.717) is 5.56 Å². The average Bonchev–Trinajstić information content (AvgIpc) is 3.62. The summed E-state index contributed by atoms with van der Waals surface area (Å²) in [6.07, 6.45) is 1.65. The zero-order valence-electron chi connectivity index (χ0n) is 17.3. The molecule has 172 valence electrons. The molecule has 5 rings (SSSR count). The van der Waals surface area contributed by atoms with Gasteiger partial charge in [-0.15, -0.1) is 10.2 Å². The molecule has 0 spiro atoms. The Morgan fingerprint density at radius 2 is 1.68 bits per heavy atom. The molecule has 2 aromatic heterocycles. The fourth-order valence-corrected chi connectivity index (χ4v) is 4.40. The van der Waals surface area contributed by atoms with E-state index in [-0.39, 0.29) is 32.9 Å². The van der Waals surface area contributed by atoms with Gasteiger partial charge in [0.2, 0.25) is 11.7 Å². The number of halogens is 2. The average molecular weight is 499 g/mol. The first-order valence-corrected chi connectivity index (χ1v) is 10.9. The van der Waals surface area contributed by atoms with E-state index in [1.807, 2.05) is 35.3 Å². The Balaban J connectivity index is 1.51. The van der Waals surface area contributed by atoms with Crippen LogP contribution in [0.25, 0.3) is 5.69 Å². The first kappa shape index (κ1) is 21.9. The highest BCUT2D eigenvalue weighted by Gasteiger charge is 2.48. The van der Waals surface area contributed by atoms with Gasteiger partial charge in [-0.1, -0.05) is 53.5 Å². The molecule has 4 N–H and O–H groups in total. The Morgan fingerprint density at radius 1 is 1.00 bits per heavy atom. The maximum Gasteiger partial charge on any atom is 0.349 e. The van der Waals surface area contributed by atoms with E-state index in [1.54, 1.807) is 6.07 Å². The van der Waals surface area contributed by atoms with Gasteiger partial charge in [-0.05, 0) is 30.5 Å². The number of nitrogen functional groups attached to an aromatic ring is 1. The van der Waals surface area contributed by atoms with Gasteiger partial charge >= 0.3 is 5.69 Å². The van der Waals surface area contributed by atoms with Crippen LogP contribution in [0.1, 0.15) is 24.0 Å². The van der Waals surface area contributed by atoms with Gasteiger partial charge in [0, 0.05) is 17.0 Å². The van der Waals surface area contributed by atoms with Gasteiger partial charge in [-0.3, -0.25) is 14.6 Å². The number of H-pyrrole nitrogens is 2. The van der Waals surface area contributed by atoms with Crippen molar-refractivity contribution in [2.24, 2.45) is 0 Å². The molecule has 0 unspecified atom stereocenters. The zero-order chi connectivity index (χ0) is 24.0. The second-order valence-corrected chi connectivity index (χ2v) is 8.61. The molecule has 4 aromatic rings. The largest absolute Gasteiger partial charge is 0.434 e. The number of aromatic nitrogens is 5. The van der Waals surface area contributed by atoms with Crippen molar-refractivity contribution in [1.82, 2.24) is 25.0 Å². The zero-order valence-corrected chi connectivity index (χ0v) is 18.9. The Bertz CT molecular complexity index is 1570. The molecule has 1 aliphatic carbocycles. The van der Waals surface area contributed by atoms with Crippen LogP contribution in [0.2, 0.25) is 10.0 Å². The van der Waals surface area contributed by atoms with Gasteiger partial charge in [0.05, 0.1) is 15.7 Å². The summed E-state index contributed by atoms with van der Waals surface area (Å²) >= 11 is 12.7. The van der Waals surface area contributed by atoms with Crippen molar-refractivity contribution in [2.45, 2.75) is 18.3 Å². The Hall–Kier alpha value is -3.89. The third-order valence-corrected chi connectivity index (χ3v) is 6.22. The summed E-state index contributed by atoms with van der Waals surface area (Å²) in [7, 11) is 0. The van der Waals surface area contributed by atoms with Gasteiger partial charge in [-0.2, -0.15) is 4.68 Å². The molecule has 0 amide bonds. The molecule has 0 radical (unpaired) electrons. The van der Waals surface area contributed by atoms with Crippen molar-refractivity contribution in [3.8, 4) is 17.3 Å². The molecule has 12 heteroatoms. The summed E-state index contributed by atoms with van der Waals surface area (Å²) in [4.78, 5) is 38.2. The number of hydrogen-bond donors (Lipinski definition) is 3. The third kappa shape index (κ3) is 3.76. The monoisotopic (exact) mass is 498 g/mol. The van der Waals surface area contributed by atoms with Crippen LogP contribution < -0.4 is 27.3 Å². The first-order valence-electron chi connectivity index (χ1n) is 10.1. The smallest absolute Gasteiger partial charge is 0.349 e. The normalized spacial score (nSPS) is 14.1. The summed E-state index contributed by atoms with van der Waals surface area (Å²) in [6, 6.07) is 14.1. The van der Waals surface area contributed by atoms with Crippen LogP contribution in [0.15, 0.2) is 62.9 Å². The van der Waals surface area contributed by atoms with E-state index in [1.165, 1.54) is 12.1 Å². The minimum Gasteiger partial charge on any atom is -0.434 e. The number of nitrogens with two attached hydrogens (primary N) is 1. The number of anilines is 1. The van der Waals surface area contributed by atoms with Gasteiger partial charge in [0.15, 0.2) is 5.75 Å². The molecule has 1 aliphatic rings. The minimum atomic E-state index is -0.817. The van der Waals surface area contributed by atoms with E-state index in [2.05, 4.69) is 15.3 Å². The maximum absolute atomic E-state index is 12.6. The van der Waals surface area contributed by atoms with Gasteiger partial charge in [0.1, 0.15) is 0 Å². The summed E-state index contributed by atoms with van der Waals surface area (Å²) < 4.78 is 6.68. The molecular formula is C22H16Cl2N6O4. The van der Waals surface area contributed by atoms with Crippen LogP contribution >= 0.6 is 23.2 Å². The summed E-state index contributed by atoms with van der Waals surface area (Å²) in [5.41, 5.74) is 4.91. The van der Waals surface area contributed by atoms with E-state index in [4.69, 9.17) is 33.7 Å². The summed E-state index contributed by atoms with van der Waals surface area (Å²) in [6.45, 7) is 0. The number of nitrogens with one attached hydrogen (secondary N) is 2. The van der Waals surface area contributed by atoms with E-state index >= 15 is 0 Å². The Kier molecular flexibility index (Phi) is 5.26. The molecule has 0 atom stereocenters. The molecule has 2 heterocycles. The fraction of sp³-hybridized carbons (Fsp3) is 0.136. The Labute approximate surface area is 200 Å². The van der Waals surface area contributed by atoms with Crippen molar-refractivity contribution < 1.29 is 4.74 Å². The van der Waals surface area contributed by atoms with Crippen molar-refractivity contribution >= 4 is 29.0 Å². The van der Waals surface area contributed by atoms with Crippen molar-refractivity contribution in [2.75, 3.05) is 5.73 Å². The lowest BCUT2D eigenvalue weighted by Crippen LogP contribution is -2.33. The third-order valence-electron chi connectivity index (χ3n) is 5.66. The topological polar surface area (TPSA) is 149 Å². The minimum absolute atomic E-state index is 0.0414.